The Hall–Kier alpha value is -14.0. The van der Waals surface area contributed by atoms with Crippen molar-refractivity contribution in [2.75, 3.05) is 10.2 Å². The Morgan fingerprint density at radius 2 is 0.462 bits per heavy atom. The second kappa shape index (κ2) is 35.2. The quantitative estimate of drug-likeness (QED) is 0.0729. The smallest absolute Gasteiger partial charge is 0.179 e. The molecule has 2 aromatic heterocycles. The zero-order chi connectivity index (χ0) is 77.2. The number of para-hydroxylation sites is 4. The van der Waals surface area contributed by atoms with Crippen LogP contribution in [0.1, 0.15) is 8.85 Å². The highest BCUT2D eigenvalue weighted by atomic mass is 79.9. The van der Waals surface area contributed by atoms with Gasteiger partial charge in [-0.15, -0.1) is 0 Å². The first-order valence-electron chi connectivity index (χ1n) is 39.0. The van der Waals surface area contributed by atoms with Crippen LogP contribution in [0.2, 0.25) is 0 Å². The maximum absolute atomic E-state index is 6.43. The first kappa shape index (κ1) is 77.0. The summed E-state index contributed by atoms with van der Waals surface area (Å²) in [4.78, 5) is 2.36. The molecule has 8 heteroatoms. The molecule has 20 aromatic rings. The van der Waals surface area contributed by atoms with Gasteiger partial charge in [-0.05, 0) is 160 Å². The number of rotatable bonds is 17. The highest BCUT2D eigenvalue weighted by Gasteiger charge is 2.43. The minimum atomic E-state index is -2.67. The standard InChI is InChI=1S/C54H39NOSi.C36H29NSi.C18H11BrO.CH4.FH.H2/c1-5-16-40(17-6-1)41-28-32-43(33-29-41)55(44-34-30-42(31-35-44)50-25-15-26-52-51-24-13-14-27-53(51)56-54(50)52)45-36-38-49(39-37-45)57(46-18-7-2-8-19-46,47-20-9-3-10-21-47)48-22-11-4-12-23-48;1-5-13-29(14-6-1)30-21-23-31(24-22-30)37-32-25-27-36(28-26-32)38(33-15-7-2-8-16-33,34-17-9-3-10-18-34)35-19-11-4-12-20-35;19-13-10-8-12(9-11-13)14-5-3-6-16-15-4-1-2-7-17(15)20-18(14)16;;;/h1-39H;1-28,37H;1-11H;1H4;2*1H. The van der Waals surface area contributed by atoms with Crippen molar-refractivity contribution in [3.8, 4) is 44.5 Å². The highest BCUT2D eigenvalue weighted by molar-refractivity contribution is 9.10. The van der Waals surface area contributed by atoms with E-state index >= 15 is 0 Å². The van der Waals surface area contributed by atoms with E-state index in [1.165, 1.54) is 74.5 Å². The Bertz CT molecular complexity index is 6430. The van der Waals surface area contributed by atoms with E-state index in [-0.39, 0.29) is 13.6 Å². The monoisotopic (exact) mass is 1610 g/mol. The average molecular weight is 1610 g/mol. The third-order valence-electron chi connectivity index (χ3n) is 22.0. The van der Waals surface area contributed by atoms with Crippen LogP contribution in [0, 0.1) is 0 Å². The number of furan rings is 2. The van der Waals surface area contributed by atoms with Gasteiger partial charge in [-0.2, -0.15) is 0 Å². The van der Waals surface area contributed by atoms with Crippen LogP contribution in [0.3, 0.4) is 0 Å². The highest BCUT2D eigenvalue weighted by Crippen LogP contribution is 2.41. The number of nitrogens with zero attached hydrogens (tertiary/aromatic N) is 1. The van der Waals surface area contributed by atoms with E-state index in [0.29, 0.717) is 0 Å². The fourth-order valence-corrected chi connectivity index (χ4v) is 26.3. The molecule has 20 rings (SSSR count). The molecule has 0 radical (unpaired) electrons. The van der Waals surface area contributed by atoms with Gasteiger partial charge < -0.3 is 19.1 Å². The van der Waals surface area contributed by atoms with Gasteiger partial charge in [0.15, 0.2) is 16.1 Å². The van der Waals surface area contributed by atoms with Gasteiger partial charge in [0.05, 0.1) is 0 Å². The molecule has 0 bridgehead atoms. The molecule has 0 aliphatic carbocycles. The van der Waals surface area contributed by atoms with E-state index in [1.807, 2.05) is 36.4 Å². The lowest BCUT2D eigenvalue weighted by molar-refractivity contribution is 0.669. The maximum atomic E-state index is 6.43. The molecule has 566 valence electrons. The van der Waals surface area contributed by atoms with Gasteiger partial charge in [-0.3, -0.25) is 4.70 Å². The Morgan fingerprint density at radius 3 is 0.803 bits per heavy atom. The van der Waals surface area contributed by atoms with Crippen LogP contribution in [-0.2, 0) is 0 Å². The van der Waals surface area contributed by atoms with Gasteiger partial charge in [0.1, 0.15) is 22.3 Å². The molecular formula is C109H86BrFN2O2Si2. The number of fused-ring (bicyclic) bond motifs is 6. The third kappa shape index (κ3) is 15.6. The lowest BCUT2D eigenvalue weighted by atomic mass is 10.0. The number of hydrogen-bond acceptors (Lipinski definition) is 4. The summed E-state index contributed by atoms with van der Waals surface area (Å²) >= 11 is 3.47. The molecule has 0 amide bonds. The minimum absolute atomic E-state index is 0. The molecule has 0 fully saturated rings. The van der Waals surface area contributed by atoms with Crippen LogP contribution in [0.25, 0.3) is 88.4 Å². The molecule has 0 aliphatic heterocycles. The van der Waals surface area contributed by atoms with Crippen molar-refractivity contribution in [1.29, 1.82) is 0 Å². The van der Waals surface area contributed by atoms with Crippen LogP contribution < -0.4 is 51.7 Å². The number of anilines is 5. The van der Waals surface area contributed by atoms with Gasteiger partial charge in [-0.25, -0.2) is 0 Å². The molecule has 0 atom stereocenters. The third-order valence-corrected chi connectivity index (χ3v) is 32.2. The Balaban J connectivity index is 0.000000153. The van der Waals surface area contributed by atoms with Crippen LogP contribution >= 0.6 is 15.9 Å². The van der Waals surface area contributed by atoms with Crippen LogP contribution in [0.5, 0.6) is 0 Å². The van der Waals surface area contributed by atoms with Crippen molar-refractivity contribution >= 4 is 146 Å². The largest absolute Gasteiger partial charge is 0.455 e. The normalized spacial score (nSPS) is 11.2. The maximum Gasteiger partial charge on any atom is 0.179 e. The van der Waals surface area contributed by atoms with Crippen molar-refractivity contribution in [2.45, 2.75) is 7.43 Å². The molecular weight excluding hydrogens is 1520 g/mol. The summed E-state index contributed by atoms with van der Waals surface area (Å²) < 4.78 is 13.6. The lowest BCUT2D eigenvalue weighted by Gasteiger charge is -2.35. The van der Waals surface area contributed by atoms with E-state index in [2.05, 4.69) is 463 Å². The zero-order valence-corrected chi connectivity index (χ0v) is 67.2. The molecule has 18 aromatic carbocycles. The Labute approximate surface area is 695 Å². The summed E-state index contributed by atoms with van der Waals surface area (Å²) in [5.41, 5.74) is 18.5. The van der Waals surface area contributed by atoms with Gasteiger partial charge in [-0.1, -0.05) is 412 Å². The fourth-order valence-electron chi connectivity index (χ4n) is 16.6. The van der Waals surface area contributed by atoms with Crippen molar-refractivity contribution < 1.29 is 15.0 Å². The van der Waals surface area contributed by atoms with Gasteiger partial charge in [0.25, 0.3) is 0 Å². The zero-order valence-electron chi connectivity index (χ0n) is 63.6. The number of halogens is 2. The second-order valence-corrected chi connectivity index (χ2v) is 37.3. The van der Waals surface area contributed by atoms with Gasteiger partial charge in [0.2, 0.25) is 0 Å². The van der Waals surface area contributed by atoms with Crippen molar-refractivity contribution in [3.63, 3.8) is 0 Å². The Morgan fingerprint density at radius 1 is 0.222 bits per heavy atom. The van der Waals surface area contributed by atoms with Gasteiger partial charge in [0, 0.05) is 67.0 Å². The van der Waals surface area contributed by atoms with Crippen molar-refractivity contribution in [1.82, 2.24) is 0 Å². The summed E-state index contributed by atoms with van der Waals surface area (Å²) in [5, 5.41) is 19.1. The second-order valence-electron chi connectivity index (χ2n) is 28.8. The molecule has 0 aliphatic rings. The van der Waals surface area contributed by atoms with E-state index in [0.717, 1.165) is 88.3 Å². The molecule has 0 saturated heterocycles. The number of hydrogen-bond donors (Lipinski definition) is 1. The van der Waals surface area contributed by atoms with E-state index < -0.39 is 16.1 Å². The first-order valence-corrected chi connectivity index (χ1v) is 43.8. The predicted octanol–water partition coefficient (Wildman–Crippen LogP) is 25.3. The van der Waals surface area contributed by atoms with Crippen LogP contribution in [0.15, 0.2) is 486 Å². The Kier molecular flexibility index (Phi) is 23.1. The van der Waals surface area contributed by atoms with Crippen LogP contribution in [0.4, 0.5) is 33.1 Å². The van der Waals surface area contributed by atoms with E-state index in [1.54, 1.807) is 0 Å². The van der Waals surface area contributed by atoms with E-state index in [9.17, 15) is 0 Å². The molecule has 0 saturated carbocycles. The van der Waals surface area contributed by atoms with Crippen molar-refractivity contribution in [3.05, 3.63) is 478 Å². The van der Waals surface area contributed by atoms with Crippen LogP contribution in [-0.4, -0.2) is 16.1 Å². The molecule has 1 N–H and O–H groups in total. The topological polar surface area (TPSA) is 41.6 Å². The SMILES string of the molecule is Brc1ccc(-c2cccc3c2oc2ccccc23)cc1.C.F.[HH].c1ccc(-c2ccc(N(c3ccc(-c4cccc5c4oc4ccccc45)cc3)c3ccc([Si](c4ccccc4)(c4ccccc4)c4ccccc4)cc3)cc2)cc1.c1ccc(-c2ccc(Nc3ccc([Si](c4ccccc4)(c4ccccc4)c4ccccc4)cc3)cc2)cc1. The summed E-state index contributed by atoms with van der Waals surface area (Å²) in [7, 11) is -5.16. The molecule has 2 heterocycles. The molecule has 117 heavy (non-hydrogen) atoms. The summed E-state index contributed by atoms with van der Waals surface area (Å²) in [5.74, 6) is 0. The molecule has 0 unspecified atom stereocenters. The average Bonchev–Trinajstić information content (AvgIpc) is 1.12. The summed E-state index contributed by atoms with van der Waals surface area (Å²) in [6.45, 7) is 0. The number of benzene rings is 18. The fraction of sp³-hybridized carbons (Fsp3) is 0.00917. The number of nitrogens with one attached hydrogen (secondary N) is 1. The molecule has 0 spiro atoms. The van der Waals surface area contributed by atoms with Gasteiger partial charge >= 0.3 is 0 Å². The van der Waals surface area contributed by atoms with E-state index in [4.69, 9.17) is 8.83 Å². The van der Waals surface area contributed by atoms with Crippen molar-refractivity contribution in [2.24, 2.45) is 0 Å². The first-order chi connectivity index (χ1) is 56.9. The summed E-state index contributed by atoms with van der Waals surface area (Å²) in [6.07, 6.45) is 0. The molecule has 4 nitrogen and oxygen atoms in total. The summed E-state index contributed by atoms with van der Waals surface area (Å²) in [6, 6.07) is 170. The lowest BCUT2D eigenvalue weighted by Crippen LogP contribution is -2.74. The predicted molar refractivity (Wildman–Crippen MR) is 506 cm³/mol. The minimum Gasteiger partial charge on any atom is -0.455 e.